The standard InChI is InChI=1S/C24H20F4N4O3S/c1-3-31-10-14(9-29-31)11-32-23(33)18(30-24(32)36)7-13-4-5-19(34-2)15(6-13)12-35-22-20(27)16(25)8-17(26)21(22)28/h4-10H,3,11-12H2,1-2H3,(H,30,36)/b18-7+. The molecule has 1 saturated heterocycles. The third-order valence-electron chi connectivity index (χ3n) is 5.37. The average molecular weight is 521 g/mol. The summed E-state index contributed by atoms with van der Waals surface area (Å²) in [4.78, 5) is 14.3. The molecule has 1 aliphatic heterocycles. The number of nitrogens with one attached hydrogen (secondary N) is 1. The number of hydrogen-bond acceptors (Lipinski definition) is 5. The molecule has 12 heteroatoms. The lowest BCUT2D eigenvalue weighted by Gasteiger charge is -2.13. The second kappa shape index (κ2) is 10.4. The summed E-state index contributed by atoms with van der Waals surface area (Å²) in [6.45, 7) is 2.41. The van der Waals surface area contributed by atoms with E-state index in [4.69, 9.17) is 21.7 Å². The van der Waals surface area contributed by atoms with Crippen LogP contribution in [-0.4, -0.2) is 32.8 Å². The molecule has 0 bridgehead atoms. The maximum Gasteiger partial charge on any atom is 0.276 e. The van der Waals surface area contributed by atoms with Gasteiger partial charge in [-0.1, -0.05) is 6.07 Å². The zero-order valence-corrected chi connectivity index (χ0v) is 20.0. The Bertz CT molecular complexity index is 1350. The van der Waals surface area contributed by atoms with Gasteiger partial charge in [0.1, 0.15) is 18.1 Å². The number of ether oxygens (including phenoxy) is 2. The summed E-state index contributed by atoms with van der Waals surface area (Å²) in [7, 11) is 1.37. The molecule has 36 heavy (non-hydrogen) atoms. The fourth-order valence-electron chi connectivity index (χ4n) is 3.55. The molecule has 3 aromatic rings. The van der Waals surface area contributed by atoms with Crippen LogP contribution in [0.4, 0.5) is 17.6 Å². The summed E-state index contributed by atoms with van der Waals surface area (Å²) >= 11 is 5.31. The molecule has 0 aliphatic carbocycles. The number of amides is 1. The number of methoxy groups -OCH3 is 1. The van der Waals surface area contributed by atoms with E-state index in [-0.39, 0.29) is 29.3 Å². The first-order valence-electron chi connectivity index (χ1n) is 10.7. The van der Waals surface area contributed by atoms with E-state index in [0.717, 1.165) is 5.56 Å². The van der Waals surface area contributed by atoms with Crippen molar-refractivity contribution >= 4 is 29.3 Å². The fraction of sp³-hybridized carbons (Fsp3) is 0.208. The van der Waals surface area contributed by atoms with E-state index in [1.54, 1.807) is 29.1 Å². The lowest BCUT2D eigenvalue weighted by Crippen LogP contribution is -2.29. The molecule has 1 aliphatic rings. The van der Waals surface area contributed by atoms with Crippen molar-refractivity contribution in [2.45, 2.75) is 26.6 Å². The number of hydrogen-bond donors (Lipinski definition) is 1. The third-order valence-corrected chi connectivity index (χ3v) is 5.70. The summed E-state index contributed by atoms with van der Waals surface area (Å²) < 4.78 is 66.9. The predicted octanol–water partition coefficient (Wildman–Crippen LogP) is 4.30. The largest absolute Gasteiger partial charge is 0.496 e. The van der Waals surface area contributed by atoms with Gasteiger partial charge in [-0.15, -0.1) is 0 Å². The first kappa shape index (κ1) is 25.2. The van der Waals surface area contributed by atoms with Crippen LogP contribution in [0.2, 0.25) is 0 Å². The number of rotatable bonds is 8. The van der Waals surface area contributed by atoms with Crippen molar-refractivity contribution in [3.05, 3.63) is 82.3 Å². The van der Waals surface area contributed by atoms with Crippen LogP contribution in [0, 0.1) is 23.3 Å². The van der Waals surface area contributed by atoms with Crippen LogP contribution in [0.3, 0.4) is 0 Å². The van der Waals surface area contributed by atoms with Gasteiger partial charge < -0.3 is 14.8 Å². The maximum absolute atomic E-state index is 14.0. The summed E-state index contributed by atoms with van der Waals surface area (Å²) in [6.07, 6.45) is 5.02. The third kappa shape index (κ3) is 5.03. The van der Waals surface area contributed by atoms with E-state index >= 15 is 0 Å². The smallest absolute Gasteiger partial charge is 0.276 e. The number of carbonyl (C=O) groups excluding carboxylic acids is 1. The van der Waals surface area contributed by atoms with Gasteiger partial charge >= 0.3 is 0 Å². The normalized spacial score (nSPS) is 14.5. The summed E-state index contributed by atoms with van der Waals surface area (Å²) in [5.41, 5.74) is 1.85. The molecule has 4 rings (SSSR count). The summed E-state index contributed by atoms with van der Waals surface area (Å²) in [5, 5.41) is 7.29. The highest BCUT2D eigenvalue weighted by molar-refractivity contribution is 7.80. The Labute approximate surface area is 208 Å². The minimum absolute atomic E-state index is 0.0973. The fourth-order valence-corrected chi connectivity index (χ4v) is 3.81. The maximum atomic E-state index is 14.0. The minimum Gasteiger partial charge on any atom is -0.496 e. The molecule has 0 saturated carbocycles. The lowest BCUT2D eigenvalue weighted by atomic mass is 10.1. The molecular formula is C24H20F4N4O3S. The Morgan fingerprint density at radius 3 is 2.50 bits per heavy atom. The Hall–Kier alpha value is -3.93. The highest BCUT2D eigenvalue weighted by atomic mass is 32.1. The molecule has 0 atom stereocenters. The molecule has 1 amide bonds. The monoisotopic (exact) mass is 520 g/mol. The molecule has 0 spiro atoms. The Kier molecular flexibility index (Phi) is 7.25. The molecule has 188 valence electrons. The van der Waals surface area contributed by atoms with Crippen LogP contribution in [0.25, 0.3) is 6.08 Å². The molecule has 0 radical (unpaired) electrons. The summed E-state index contributed by atoms with van der Waals surface area (Å²) in [6, 6.07) is 4.84. The molecule has 2 heterocycles. The number of carbonyl (C=O) groups is 1. The first-order chi connectivity index (χ1) is 17.2. The Balaban J connectivity index is 1.55. The molecule has 7 nitrogen and oxygen atoms in total. The zero-order chi connectivity index (χ0) is 26.0. The van der Waals surface area contributed by atoms with Gasteiger partial charge in [0.15, 0.2) is 22.5 Å². The molecular weight excluding hydrogens is 500 g/mol. The van der Waals surface area contributed by atoms with Gasteiger partial charge in [0.2, 0.25) is 11.6 Å². The highest BCUT2D eigenvalue weighted by Gasteiger charge is 2.31. The van der Waals surface area contributed by atoms with Crippen LogP contribution in [0.1, 0.15) is 23.6 Å². The lowest BCUT2D eigenvalue weighted by molar-refractivity contribution is -0.122. The van der Waals surface area contributed by atoms with Gasteiger partial charge in [0, 0.05) is 29.9 Å². The number of nitrogens with zero attached hydrogens (tertiary/aromatic N) is 3. The van der Waals surface area contributed by atoms with E-state index in [1.807, 2.05) is 13.1 Å². The topological polar surface area (TPSA) is 68.6 Å². The van der Waals surface area contributed by atoms with E-state index in [2.05, 4.69) is 10.4 Å². The molecule has 1 aromatic heterocycles. The van der Waals surface area contributed by atoms with Crippen molar-refractivity contribution in [2.75, 3.05) is 7.11 Å². The molecule has 2 aromatic carbocycles. The van der Waals surface area contributed by atoms with Crippen molar-refractivity contribution in [1.82, 2.24) is 20.0 Å². The molecule has 0 unspecified atom stereocenters. The minimum atomic E-state index is -1.65. The van der Waals surface area contributed by atoms with Crippen LogP contribution < -0.4 is 14.8 Å². The van der Waals surface area contributed by atoms with Crippen LogP contribution in [0.5, 0.6) is 11.5 Å². The number of thiocarbonyl (C=S) groups is 1. The second-order valence-electron chi connectivity index (χ2n) is 7.74. The average Bonchev–Trinajstić information content (AvgIpc) is 3.42. The van der Waals surface area contributed by atoms with Crippen molar-refractivity contribution in [3.63, 3.8) is 0 Å². The quantitative estimate of drug-likeness (QED) is 0.207. The van der Waals surface area contributed by atoms with Gasteiger partial charge in [-0.25, -0.2) is 8.78 Å². The zero-order valence-electron chi connectivity index (χ0n) is 19.1. The van der Waals surface area contributed by atoms with E-state index < -0.39 is 35.6 Å². The van der Waals surface area contributed by atoms with Crippen molar-refractivity contribution in [3.8, 4) is 11.5 Å². The van der Waals surface area contributed by atoms with Crippen molar-refractivity contribution in [1.29, 1.82) is 0 Å². The molecule has 1 N–H and O–H groups in total. The van der Waals surface area contributed by atoms with Crippen molar-refractivity contribution in [2.24, 2.45) is 0 Å². The van der Waals surface area contributed by atoms with Crippen molar-refractivity contribution < 1.29 is 31.8 Å². The van der Waals surface area contributed by atoms with Crippen LogP contribution in [0.15, 0.2) is 42.4 Å². The first-order valence-corrected chi connectivity index (χ1v) is 11.1. The van der Waals surface area contributed by atoms with Crippen LogP contribution >= 0.6 is 12.2 Å². The number of benzene rings is 2. The highest BCUT2D eigenvalue weighted by Crippen LogP contribution is 2.29. The van der Waals surface area contributed by atoms with E-state index in [0.29, 0.717) is 23.4 Å². The van der Waals surface area contributed by atoms with Crippen LogP contribution in [-0.2, 0) is 24.5 Å². The summed E-state index contributed by atoms with van der Waals surface area (Å²) in [5.74, 6) is -7.69. The number of aromatic nitrogens is 2. The van der Waals surface area contributed by atoms with E-state index in [1.165, 1.54) is 18.1 Å². The number of halogens is 4. The van der Waals surface area contributed by atoms with Gasteiger partial charge in [-0.3, -0.25) is 14.4 Å². The predicted molar refractivity (Wildman–Crippen MR) is 126 cm³/mol. The van der Waals surface area contributed by atoms with Gasteiger partial charge in [0.25, 0.3) is 5.91 Å². The molecule has 1 fully saturated rings. The number of aryl methyl sites for hydroxylation is 1. The second-order valence-corrected chi connectivity index (χ2v) is 8.13. The Morgan fingerprint density at radius 2 is 1.86 bits per heavy atom. The van der Waals surface area contributed by atoms with Gasteiger partial charge in [-0.05, 0) is 42.9 Å². The Morgan fingerprint density at radius 1 is 1.14 bits per heavy atom. The van der Waals surface area contributed by atoms with E-state index in [9.17, 15) is 22.4 Å². The van der Waals surface area contributed by atoms with Gasteiger partial charge in [-0.2, -0.15) is 13.9 Å². The SMILES string of the molecule is CCn1cc(CN2C(=O)/C(=C\c3ccc(OC)c(COc4c(F)c(F)cc(F)c4F)c3)NC2=S)cn1. The van der Waals surface area contributed by atoms with Gasteiger partial charge in [0.05, 0.1) is 19.9 Å².